The first kappa shape index (κ1) is 9.12. The zero-order chi connectivity index (χ0) is 2.71. The predicted molar refractivity (Wildman–Crippen MR) is 25.4 cm³/mol. The molecule has 0 amide bonds. The van der Waals surface area contributed by atoms with Crippen molar-refractivity contribution >= 4 is 29.1 Å². The Morgan fingerprint density at radius 1 is 1.75 bits per heavy atom. The van der Waals surface area contributed by atoms with Crippen LogP contribution >= 0.6 is 7.89 Å². The van der Waals surface area contributed by atoms with Crippen molar-refractivity contribution < 1.29 is 17.1 Å². The average Bonchev–Trinajstić information content (AvgIpc) is 0.918. The summed E-state index contributed by atoms with van der Waals surface area (Å²) in [7, 11) is 2.72. The summed E-state index contributed by atoms with van der Waals surface area (Å²) in [5.74, 6) is 0. The third-order valence-corrected chi connectivity index (χ3v) is 0. The molecule has 0 aromatic rings. The van der Waals surface area contributed by atoms with Gasteiger partial charge in [-0.2, -0.15) is 0 Å². The first-order valence-electron chi connectivity index (χ1n) is 1.12. The fourth-order valence-electron chi connectivity index (χ4n) is 0. The third-order valence-electron chi connectivity index (χ3n) is 0. The van der Waals surface area contributed by atoms with Gasteiger partial charge in [-0.1, -0.05) is 0 Å². The number of hydrogen-bond donors (Lipinski definition) is 0. The molecule has 0 heterocycles. The van der Waals surface area contributed by atoms with Crippen LogP contribution in [0.1, 0.15) is 0 Å². The van der Waals surface area contributed by atoms with E-state index < -0.39 is 0 Å². The first-order valence-corrected chi connectivity index (χ1v) is 5.80. The minimum absolute atomic E-state index is 0. The van der Waals surface area contributed by atoms with Crippen LogP contribution in [0.2, 0.25) is 0 Å². The van der Waals surface area contributed by atoms with Crippen molar-refractivity contribution in [2.45, 2.75) is 0 Å². The summed E-state index contributed by atoms with van der Waals surface area (Å²) in [5.41, 5.74) is 0. The second-order valence-corrected chi connectivity index (χ2v) is 3.67. The number of rotatable bonds is 0. The molecule has 0 saturated carbocycles. The SMILES string of the molecule is [BH2][AlH][PH2].[Cu]. The molecule has 0 aliphatic heterocycles. The van der Waals surface area contributed by atoms with Gasteiger partial charge >= 0.3 is 0 Å². The van der Waals surface area contributed by atoms with E-state index in [1.807, 2.05) is 0 Å². The smallest absolute Gasteiger partial charge is 0.215 e. The molecule has 4 heavy (non-hydrogen) atoms. The van der Waals surface area contributed by atoms with E-state index in [9.17, 15) is 0 Å². The molecular formula is H5AlBCuP. The quantitative estimate of drug-likeness (QED) is 0.289. The van der Waals surface area contributed by atoms with Gasteiger partial charge in [-0.3, -0.25) is 0 Å². The zero-order valence-electron chi connectivity index (χ0n) is 2.59. The second kappa shape index (κ2) is 8.82. The van der Waals surface area contributed by atoms with Crippen molar-refractivity contribution in [1.82, 2.24) is 0 Å². The maximum Gasteiger partial charge on any atom is 0.219 e. The van der Waals surface area contributed by atoms with E-state index in [0.29, 0.717) is 14.6 Å². The second-order valence-electron chi connectivity index (χ2n) is 0.408. The molecule has 0 rings (SSSR count). The summed E-state index contributed by atoms with van der Waals surface area (Å²) in [6, 6.07) is 0. The van der Waals surface area contributed by atoms with E-state index in [4.69, 9.17) is 0 Å². The van der Waals surface area contributed by atoms with Gasteiger partial charge in [0, 0.05) is 17.1 Å². The minimum Gasteiger partial charge on any atom is -0.215 e. The van der Waals surface area contributed by atoms with Crippen molar-refractivity contribution in [1.29, 1.82) is 0 Å². The van der Waals surface area contributed by atoms with E-state index in [-0.39, 0.29) is 17.1 Å². The van der Waals surface area contributed by atoms with E-state index in [2.05, 4.69) is 14.5 Å². The monoisotopic (exact) mass is 137 g/mol. The van der Waals surface area contributed by atoms with Crippen LogP contribution in [0.5, 0.6) is 0 Å². The van der Waals surface area contributed by atoms with Crippen LogP contribution in [0.4, 0.5) is 0 Å². The molecular weight excluding hydrogens is 132 g/mol. The van der Waals surface area contributed by atoms with E-state index >= 15 is 0 Å². The Bertz CT molecular complexity index is 8.00. The maximum atomic E-state index is 2.72. The predicted octanol–water partition coefficient (Wildman–Crippen LogP) is -1.24. The Hall–Kier alpha value is 1.55. The van der Waals surface area contributed by atoms with Crippen molar-refractivity contribution in [3.05, 3.63) is 0 Å². The Balaban J connectivity index is 0. The Kier molecular flexibility index (Phi) is 20.1. The summed E-state index contributed by atoms with van der Waals surface area (Å²) < 4.78 is 0. The van der Waals surface area contributed by atoms with E-state index in [1.54, 1.807) is 0 Å². The van der Waals surface area contributed by atoms with Crippen molar-refractivity contribution in [2.75, 3.05) is 0 Å². The van der Waals surface area contributed by atoms with E-state index in [0.717, 1.165) is 0 Å². The summed E-state index contributed by atoms with van der Waals surface area (Å²) in [6.07, 6.45) is 0. The van der Waals surface area contributed by atoms with Gasteiger partial charge in [0.2, 0.25) is 14.6 Å². The van der Waals surface area contributed by atoms with Gasteiger partial charge < -0.3 is 0 Å². The molecule has 0 spiro atoms. The van der Waals surface area contributed by atoms with Crippen molar-refractivity contribution in [3.63, 3.8) is 0 Å². The Labute approximate surface area is 46.3 Å². The number of hydrogen-bond acceptors (Lipinski definition) is 0. The molecule has 0 aliphatic carbocycles. The Morgan fingerprint density at radius 3 is 1.75 bits per heavy atom. The van der Waals surface area contributed by atoms with Crippen LogP contribution in [0.25, 0.3) is 0 Å². The summed E-state index contributed by atoms with van der Waals surface area (Å²) >= 11 is 0.333. The fraction of sp³-hybridized carbons (Fsp3) is 0. The van der Waals surface area contributed by atoms with Crippen molar-refractivity contribution in [3.8, 4) is 0 Å². The molecule has 0 nitrogen and oxygen atoms in total. The van der Waals surface area contributed by atoms with Gasteiger partial charge in [-0.15, -0.1) is 0 Å². The van der Waals surface area contributed by atoms with Crippen LogP contribution in [-0.4, -0.2) is 21.2 Å². The fourth-order valence-corrected chi connectivity index (χ4v) is 0. The third kappa shape index (κ3) is 9.62. The molecule has 0 aromatic heterocycles. The standard InChI is InChI=1S/Al.BH2.Cu.H2P.H/h;1H2;;1H2;/q;+1;;-1;. The van der Waals surface area contributed by atoms with E-state index in [1.165, 1.54) is 0 Å². The van der Waals surface area contributed by atoms with Gasteiger partial charge in [0.15, 0.2) is 0 Å². The topological polar surface area (TPSA) is 0 Å². The summed E-state index contributed by atoms with van der Waals surface area (Å²) in [6.45, 7) is 2.23. The normalized spacial score (nSPS) is 3.25. The van der Waals surface area contributed by atoms with Gasteiger partial charge in [0.25, 0.3) is 0 Å². The van der Waals surface area contributed by atoms with Crippen LogP contribution in [0.15, 0.2) is 0 Å². The summed E-state index contributed by atoms with van der Waals surface area (Å²) in [5, 5.41) is 0. The molecule has 0 bridgehead atoms. The Morgan fingerprint density at radius 2 is 1.75 bits per heavy atom. The largest absolute Gasteiger partial charge is 0.219 e. The molecule has 0 aromatic carbocycles. The van der Waals surface area contributed by atoms with Crippen LogP contribution in [-0.2, 0) is 17.1 Å². The molecule has 0 N–H and O–H groups in total. The molecule has 4 heteroatoms. The molecule has 0 fully saturated rings. The van der Waals surface area contributed by atoms with Gasteiger partial charge in [0.1, 0.15) is 0 Å². The summed E-state index contributed by atoms with van der Waals surface area (Å²) in [4.78, 5) is 0. The molecule has 0 aliphatic rings. The van der Waals surface area contributed by atoms with Gasteiger partial charge in [-0.05, 0) is 0 Å². The molecule has 1 unspecified atom stereocenters. The maximum absolute atomic E-state index is 2.72. The van der Waals surface area contributed by atoms with Gasteiger partial charge in [0.05, 0.1) is 6.62 Å². The van der Waals surface area contributed by atoms with Gasteiger partial charge in [-0.25, -0.2) is 7.89 Å². The zero-order valence-corrected chi connectivity index (χ0v) is 6.10. The molecule has 27 valence electrons. The van der Waals surface area contributed by atoms with Crippen molar-refractivity contribution in [2.24, 2.45) is 0 Å². The minimum atomic E-state index is 0. The van der Waals surface area contributed by atoms with Crippen LogP contribution < -0.4 is 0 Å². The average molecular weight is 137 g/mol. The molecule has 1 radical (unpaired) electrons. The van der Waals surface area contributed by atoms with Crippen LogP contribution in [0.3, 0.4) is 0 Å². The molecule has 1 atom stereocenters. The first-order chi connectivity index (χ1) is 1.41. The van der Waals surface area contributed by atoms with Crippen LogP contribution in [0, 0.1) is 0 Å². The molecule has 0 saturated heterocycles.